The van der Waals surface area contributed by atoms with E-state index in [0.29, 0.717) is 5.56 Å². The van der Waals surface area contributed by atoms with Crippen molar-refractivity contribution in [1.29, 1.82) is 0 Å². The molecule has 4 N–H and O–H groups in total. The zero-order chi connectivity index (χ0) is 25.8. The maximum Gasteiger partial charge on any atom is 0.416 e. The van der Waals surface area contributed by atoms with Gasteiger partial charge in [0.05, 0.1) is 23.8 Å². The fourth-order valence-corrected chi connectivity index (χ4v) is 3.45. The van der Waals surface area contributed by atoms with Gasteiger partial charge in [0.1, 0.15) is 0 Å². The van der Waals surface area contributed by atoms with Gasteiger partial charge in [0.15, 0.2) is 18.1 Å². The predicted molar refractivity (Wildman–Crippen MR) is 118 cm³/mol. The third kappa shape index (κ3) is 6.22. The summed E-state index contributed by atoms with van der Waals surface area (Å²) in [5.41, 5.74) is -0.338. The largest absolute Gasteiger partial charge is 0.490 e. The molecular formula is C23H22F3N3O6. The van der Waals surface area contributed by atoms with Crippen LogP contribution >= 0.6 is 0 Å². The molecule has 0 spiro atoms. The summed E-state index contributed by atoms with van der Waals surface area (Å²) in [5.74, 6) is -1.58. The second-order valence-corrected chi connectivity index (χ2v) is 7.42. The van der Waals surface area contributed by atoms with E-state index in [9.17, 15) is 27.6 Å². The maximum absolute atomic E-state index is 13.1. The van der Waals surface area contributed by atoms with Crippen LogP contribution in [0.15, 0.2) is 53.7 Å². The van der Waals surface area contributed by atoms with Gasteiger partial charge >= 0.3 is 18.2 Å². The van der Waals surface area contributed by atoms with Gasteiger partial charge in [0.2, 0.25) is 0 Å². The Morgan fingerprint density at radius 2 is 1.86 bits per heavy atom. The summed E-state index contributed by atoms with van der Waals surface area (Å²) in [6.45, 7) is 2.81. The minimum Gasteiger partial charge on any atom is -0.490 e. The topological polar surface area (TPSA) is 126 Å². The predicted octanol–water partition coefficient (Wildman–Crippen LogP) is 3.83. The number of hydrogen-bond acceptors (Lipinski definition) is 5. The number of benzene rings is 2. The van der Waals surface area contributed by atoms with Crippen LogP contribution in [-0.4, -0.2) is 36.2 Å². The molecule has 1 aliphatic heterocycles. The number of anilines is 1. The van der Waals surface area contributed by atoms with E-state index in [1.165, 1.54) is 37.3 Å². The minimum absolute atomic E-state index is 0.0589. The van der Waals surface area contributed by atoms with E-state index in [2.05, 4.69) is 16.0 Å². The number of amides is 3. The summed E-state index contributed by atoms with van der Waals surface area (Å²) in [7, 11) is 0. The molecular weight excluding hydrogens is 471 g/mol. The van der Waals surface area contributed by atoms with Crippen LogP contribution in [0.3, 0.4) is 0 Å². The third-order valence-corrected chi connectivity index (χ3v) is 4.91. The van der Waals surface area contributed by atoms with Crippen LogP contribution in [0, 0.1) is 0 Å². The first-order chi connectivity index (χ1) is 16.5. The number of hydrogen-bond donors (Lipinski definition) is 4. The van der Waals surface area contributed by atoms with Gasteiger partial charge in [-0.1, -0.05) is 12.1 Å². The van der Waals surface area contributed by atoms with Crippen molar-refractivity contribution in [3.05, 3.63) is 64.9 Å². The Labute approximate surface area is 197 Å². The number of rotatable bonds is 8. The van der Waals surface area contributed by atoms with Gasteiger partial charge in [-0.25, -0.2) is 9.59 Å². The quantitative estimate of drug-likeness (QED) is 0.443. The second kappa shape index (κ2) is 10.4. The number of nitrogens with one attached hydrogen (secondary N) is 3. The van der Waals surface area contributed by atoms with Crippen LogP contribution in [0.2, 0.25) is 0 Å². The first-order valence-corrected chi connectivity index (χ1v) is 10.4. The number of alkyl halides is 3. The summed E-state index contributed by atoms with van der Waals surface area (Å²) in [5, 5.41) is 16.4. The molecule has 12 heteroatoms. The van der Waals surface area contributed by atoms with Crippen LogP contribution in [0.25, 0.3) is 0 Å². The summed E-state index contributed by atoms with van der Waals surface area (Å²) in [6.07, 6.45) is -4.58. The van der Waals surface area contributed by atoms with E-state index in [4.69, 9.17) is 14.6 Å². The summed E-state index contributed by atoms with van der Waals surface area (Å²) in [6, 6.07) is 7.04. The number of carboxylic acid groups (broad SMARTS) is 1. The number of ether oxygens (including phenoxy) is 2. The monoisotopic (exact) mass is 493 g/mol. The van der Waals surface area contributed by atoms with Gasteiger partial charge in [-0.15, -0.1) is 0 Å². The standard InChI is InChI=1S/C23H22F3N3O6/c1-3-34-17-9-13(7-8-16(17)35-11-18(30)31)20-19(12(2)27-22(33)29-20)21(32)28-15-6-4-5-14(10-15)23(24,25)26/h4-10,20H,3,11H2,1-2H3,(H,28,32)(H,30,31)(H2,27,29,33)/t20-/m0/s1. The normalized spacial score (nSPS) is 15.7. The number of carbonyl (C=O) groups is 3. The van der Waals surface area contributed by atoms with Crippen molar-refractivity contribution in [3.63, 3.8) is 0 Å². The van der Waals surface area contributed by atoms with Gasteiger partial charge < -0.3 is 30.5 Å². The lowest BCUT2D eigenvalue weighted by Gasteiger charge is -2.29. The maximum atomic E-state index is 13.1. The number of urea groups is 1. The fraction of sp³-hybridized carbons (Fsp3) is 0.261. The van der Waals surface area contributed by atoms with E-state index in [1.54, 1.807) is 6.92 Å². The first-order valence-electron chi connectivity index (χ1n) is 10.4. The Bertz CT molecular complexity index is 1180. The lowest BCUT2D eigenvalue weighted by Crippen LogP contribution is -2.46. The van der Waals surface area contributed by atoms with Crippen molar-refractivity contribution in [2.45, 2.75) is 26.1 Å². The number of allylic oxidation sites excluding steroid dienone is 1. The number of carboxylic acids is 1. The molecule has 35 heavy (non-hydrogen) atoms. The highest BCUT2D eigenvalue weighted by Crippen LogP contribution is 2.35. The Hall–Kier alpha value is -4.22. The molecule has 1 aliphatic rings. The number of halogens is 3. The van der Waals surface area contributed by atoms with Crippen LogP contribution in [0.4, 0.5) is 23.7 Å². The fourth-order valence-electron chi connectivity index (χ4n) is 3.45. The van der Waals surface area contributed by atoms with Crippen molar-refractivity contribution in [1.82, 2.24) is 10.6 Å². The van der Waals surface area contributed by atoms with E-state index < -0.39 is 42.3 Å². The lowest BCUT2D eigenvalue weighted by atomic mass is 9.94. The van der Waals surface area contributed by atoms with E-state index in [-0.39, 0.29) is 35.1 Å². The van der Waals surface area contributed by atoms with Crippen molar-refractivity contribution in [3.8, 4) is 11.5 Å². The molecule has 3 amide bonds. The van der Waals surface area contributed by atoms with Crippen LogP contribution < -0.4 is 25.4 Å². The number of carbonyl (C=O) groups excluding carboxylic acids is 2. The highest BCUT2D eigenvalue weighted by Gasteiger charge is 2.33. The summed E-state index contributed by atoms with van der Waals surface area (Å²) < 4.78 is 49.9. The summed E-state index contributed by atoms with van der Waals surface area (Å²) in [4.78, 5) is 36.1. The van der Waals surface area contributed by atoms with E-state index in [1.807, 2.05) is 0 Å². The Balaban J connectivity index is 1.95. The van der Waals surface area contributed by atoms with Crippen LogP contribution in [0.1, 0.15) is 31.0 Å². The van der Waals surface area contributed by atoms with E-state index in [0.717, 1.165) is 12.1 Å². The molecule has 2 aromatic rings. The molecule has 0 aromatic heterocycles. The number of aliphatic carboxylic acids is 1. The molecule has 0 saturated carbocycles. The Morgan fingerprint density at radius 3 is 2.51 bits per heavy atom. The Kier molecular flexibility index (Phi) is 7.52. The average molecular weight is 493 g/mol. The lowest BCUT2D eigenvalue weighted by molar-refractivity contribution is -0.139. The third-order valence-electron chi connectivity index (χ3n) is 4.91. The minimum atomic E-state index is -4.58. The molecule has 0 bridgehead atoms. The van der Waals surface area contributed by atoms with Gasteiger partial charge in [-0.2, -0.15) is 13.2 Å². The van der Waals surface area contributed by atoms with Crippen molar-refractivity contribution in [2.75, 3.05) is 18.5 Å². The molecule has 0 fully saturated rings. The van der Waals surface area contributed by atoms with Crippen molar-refractivity contribution < 1.29 is 42.1 Å². The molecule has 1 atom stereocenters. The van der Waals surface area contributed by atoms with Crippen LogP contribution in [0.5, 0.6) is 11.5 Å². The molecule has 0 radical (unpaired) electrons. The van der Waals surface area contributed by atoms with Gasteiger partial charge in [-0.3, -0.25) is 4.79 Å². The highest BCUT2D eigenvalue weighted by atomic mass is 19.4. The van der Waals surface area contributed by atoms with Gasteiger partial charge in [0, 0.05) is 11.4 Å². The zero-order valence-electron chi connectivity index (χ0n) is 18.7. The molecule has 0 aliphatic carbocycles. The SMILES string of the molecule is CCOc1cc([C@@H]2NC(=O)NC(C)=C2C(=O)Nc2cccc(C(F)(F)F)c2)ccc1OCC(=O)O. The smallest absolute Gasteiger partial charge is 0.416 e. The van der Waals surface area contributed by atoms with E-state index >= 15 is 0 Å². The first kappa shape index (κ1) is 25.4. The average Bonchev–Trinajstić information content (AvgIpc) is 2.77. The summed E-state index contributed by atoms with van der Waals surface area (Å²) >= 11 is 0. The van der Waals surface area contributed by atoms with Crippen LogP contribution in [-0.2, 0) is 15.8 Å². The molecule has 9 nitrogen and oxygen atoms in total. The molecule has 0 saturated heterocycles. The van der Waals surface area contributed by atoms with Crippen molar-refractivity contribution >= 4 is 23.6 Å². The molecule has 3 rings (SSSR count). The molecule has 0 unspecified atom stereocenters. The van der Waals surface area contributed by atoms with Gasteiger partial charge in [-0.05, 0) is 49.7 Å². The second-order valence-electron chi connectivity index (χ2n) is 7.42. The highest BCUT2D eigenvalue weighted by molar-refractivity contribution is 6.06. The zero-order valence-corrected chi connectivity index (χ0v) is 18.7. The molecule has 186 valence electrons. The van der Waals surface area contributed by atoms with Crippen molar-refractivity contribution in [2.24, 2.45) is 0 Å². The molecule has 1 heterocycles. The van der Waals surface area contributed by atoms with Gasteiger partial charge in [0.25, 0.3) is 5.91 Å². The molecule has 2 aromatic carbocycles. The Morgan fingerprint density at radius 1 is 1.11 bits per heavy atom.